The Hall–Kier alpha value is -5.34. The van der Waals surface area contributed by atoms with Gasteiger partial charge in [-0.1, -0.05) is 125 Å². The van der Waals surface area contributed by atoms with E-state index in [2.05, 4.69) is 207 Å². The average Bonchev–Trinajstić information content (AvgIpc) is 3.12. The first-order chi connectivity index (χ1) is 23.3. The summed E-state index contributed by atoms with van der Waals surface area (Å²) in [5.41, 5.74) is 12.7. The maximum atomic E-state index is 2.44. The predicted molar refractivity (Wildman–Crippen MR) is 206 cm³/mol. The zero-order valence-electron chi connectivity index (χ0n) is 28.5. The highest BCUT2D eigenvalue weighted by atomic mass is 15.1. The molecule has 0 heterocycles. The zero-order chi connectivity index (χ0) is 33.1. The molecule has 2 heteroatoms. The van der Waals surface area contributed by atoms with Crippen molar-refractivity contribution in [1.29, 1.82) is 0 Å². The van der Waals surface area contributed by atoms with E-state index in [1.807, 2.05) is 0 Å². The smallest absolute Gasteiger partial charge is 0.0462 e. The predicted octanol–water partition coefficient (Wildman–Crippen LogP) is 13.4. The van der Waals surface area contributed by atoms with Crippen LogP contribution in [0.3, 0.4) is 0 Å². The Morgan fingerprint density at radius 1 is 0.312 bits per heavy atom. The topological polar surface area (TPSA) is 6.48 Å². The minimum atomic E-state index is 0.155. The lowest BCUT2D eigenvalue weighted by atomic mass is 9.57. The molecule has 1 aliphatic carbocycles. The first-order valence-corrected chi connectivity index (χ1v) is 17.0. The van der Waals surface area contributed by atoms with Crippen LogP contribution < -0.4 is 9.80 Å². The standard InChI is InChI=1S/C46H44N2/c1-45(2)33-43(35-25-29-41(30-26-35)47(37-17-9-5-10-18-37)38-19-11-6-12-20-38)44(34-46(45,3)4)36-27-31-42(32-28-36)48(39-21-13-7-14-22-39)40-23-15-8-16-24-40/h5-32H,33-34H2,1-4H3. The van der Waals surface area contributed by atoms with Gasteiger partial charge in [-0.05, 0) is 119 Å². The van der Waals surface area contributed by atoms with Gasteiger partial charge in [0, 0.05) is 34.1 Å². The van der Waals surface area contributed by atoms with Gasteiger partial charge in [-0.3, -0.25) is 0 Å². The molecule has 48 heavy (non-hydrogen) atoms. The fourth-order valence-electron chi connectivity index (χ4n) is 6.95. The van der Waals surface area contributed by atoms with Crippen LogP contribution in [0.5, 0.6) is 0 Å². The lowest BCUT2D eigenvalue weighted by molar-refractivity contribution is 0.115. The molecular weight excluding hydrogens is 581 g/mol. The molecule has 0 radical (unpaired) electrons. The van der Waals surface area contributed by atoms with Crippen molar-refractivity contribution in [1.82, 2.24) is 0 Å². The van der Waals surface area contributed by atoms with Crippen molar-refractivity contribution in [3.05, 3.63) is 181 Å². The van der Waals surface area contributed by atoms with Crippen molar-refractivity contribution in [2.45, 2.75) is 40.5 Å². The molecule has 0 aliphatic heterocycles. The Morgan fingerprint density at radius 3 is 0.792 bits per heavy atom. The van der Waals surface area contributed by atoms with Gasteiger partial charge in [-0.2, -0.15) is 0 Å². The Morgan fingerprint density at radius 2 is 0.542 bits per heavy atom. The molecule has 238 valence electrons. The second-order valence-electron chi connectivity index (χ2n) is 14.2. The molecule has 0 N–H and O–H groups in total. The molecule has 1 aliphatic rings. The quantitative estimate of drug-likeness (QED) is 0.166. The van der Waals surface area contributed by atoms with Gasteiger partial charge < -0.3 is 9.80 Å². The molecule has 0 saturated heterocycles. The Bertz CT molecular complexity index is 1750. The number of benzene rings is 6. The summed E-state index contributed by atoms with van der Waals surface area (Å²) in [5.74, 6) is 0. The number of allylic oxidation sites excluding steroid dienone is 2. The highest BCUT2D eigenvalue weighted by molar-refractivity contribution is 5.93. The normalized spacial score (nSPS) is 15.2. The third-order valence-electron chi connectivity index (χ3n) is 10.4. The highest BCUT2D eigenvalue weighted by Gasteiger charge is 2.42. The molecule has 0 atom stereocenters. The van der Waals surface area contributed by atoms with E-state index < -0.39 is 0 Å². The molecular formula is C46H44N2. The maximum absolute atomic E-state index is 2.44. The second kappa shape index (κ2) is 13.0. The summed E-state index contributed by atoms with van der Waals surface area (Å²) in [6.45, 7) is 9.74. The third-order valence-corrected chi connectivity index (χ3v) is 10.4. The van der Waals surface area contributed by atoms with E-state index in [0.29, 0.717) is 0 Å². The largest absolute Gasteiger partial charge is 0.311 e. The molecule has 2 nitrogen and oxygen atoms in total. The summed E-state index contributed by atoms with van der Waals surface area (Å²) in [7, 11) is 0. The summed E-state index contributed by atoms with van der Waals surface area (Å²) in [4.78, 5) is 4.66. The summed E-state index contributed by atoms with van der Waals surface area (Å²) >= 11 is 0. The monoisotopic (exact) mass is 624 g/mol. The van der Waals surface area contributed by atoms with Gasteiger partial charge in [0.15, 0.2) is 0 Å². The van der Waals surface area contributed by atoms with Crippen molar-refractivity contribution < 1.29 is 0 Å². The molecule has 0 amide bonds. The van der Waals surface area contributed by atoms with E-state index in [4.69, 9.17) is 0 Å². The van der Waals surface area contributed by atoms with Crippen molar-refractivity contribution in [2.24, 2.45) is 10.8 Å². The highest BCUT2D eigenvalue weighted by Crippen LogP contribution is 2.56. The van der Waals surface area contributed by atoms with Crippen molar-refractivity contribution in [2.75, 3.05) is 9.80 Å². The maximum Gasteiger partial charge on any atom is 0.0462 e. The van der Waals surface area contributed by atoms with Crippen LogP contribution in [0.25, 0.3) is 11.1 Å². The molecule has 0 spiro atoms. The minimum Gasteiger partial charge on any atom is -0.311 e. The molecule has 7 rings (SSSR count). The fourth-order valence-corrected chi connectivity index (χ4v) is 6.95. The lowest BCUT2D eigenvalue weighted by Crippen LogP contribution is -2.36. The fraction of sp³-hybridized carbons (Fsp3) is 0.174. The van der Waals surface area contributed by atoms with Crippen LogP contribution >= 0.6 is 0 Å². The first-order valence-electron chi connectivity index (χ1n) is 17.0. The van der Waals surface area contributed by atoms with Crippen molar-refractivity contribution >= 4 is 45.3 Å². The number of hydrogen-bond donors (Lipinski definition) is 0. The molecule has 0 saturated carbocycles. The Kier molecular flexibility index (Phi) is 8.50. The summed E-state index contributed by atoms with van der Waals surface area (Å²) < 4.78 is 0. The van der Waals surface area contributed by atoms with Gasteiger partial charge in [-0.15, -0.1) is 0 Å². The van der Waals surface area contributed by atoms with Crippen LogP contribution in [0.4, 0.5) is 34.1 Å². The molecule has 0 fully saturated rings. The summed E-state index contributed by atoms with van der Waals surface area (Å²) in [6, 6.07) is 61.0. The van der Waals surface area contributed by atoms with Crippen LogP contribution in [0, 0.1) is 10.8 Å². The van der Waals surface area contributed by atoms with Crippen LogP contribution in [-0.4, -0.2) is 0 Å². The second-order valence-corrected chi connectivity index (χ2v) is 14.2. The minimum absolute atomic E-state index is 0.155. The number of para-hydroxylation sites is 4. The van der Waals surface area contributed by atoms with Crippen LogP contribution in [0.2, 0.25) is 0 Å². The van der Waals surface area contributed by atoms with Gasteiger partial charge in [-0.25, -0.2) is 0 Å². The number of anilines is 6. The van der Waals surface area contributed by atoms with E-state index in [-0.39, 0.29) is 10.8 Å². The van der Waals surface area contributed by atoms with E-state index in [9.17, 15) is 0 Å². The molecule has 6 aromatic carbocycles. The van der Waals surface area contributed by atoms with Gasteiger partial charge in [0.05, 0.1) is 0 Å². The SMILES string of the molecule is CC1(C)CC(c2ccc(N(c3ccccc3)c3ccccc3)cc2)=C(c2ccc(N(c3ccccc3)c3ccccc3)cc2)CC1(C)C. The van der Waals surface area contributed by atoms with E-state index in [1.54, 1.807) is 0 Å². The molecule has 0 bridgehead atoms. The Labute approximate surface area is 286 Å². The molecule has 0 unspecified atom stereocenters. The summed E-state index contributed by atoms with van der Waals surface area (Å²) in [5, 5.41) is 0. The Balaban J connectivity index is 1.29. The number of hydrogen-bond acceptors (Lipinski definition) is 2. The van der Waals surface area contributed by atoms with Crippen LogP contribution in [-0.2, 0) is 0 Å². The third kappa shape index (κ3) is 6.19. The first kappa shape index (κ1) is 31.3. The van der Waals surface area contributed by atoms with Crippen LogP contribution in [0.15, 0.2) is 170 Å². The number of nitrogens with zero attached hydrogens (tertiary/aromatic N) is 2. The van der Waals surface area contributed by atoms with Gasteiger partial charge >= 0.3 is 0 Å². The van der Waals surface area contributed by atoms with E-state index in [1.165, 1.54) is 22.3 Å². The molecule has 6 aromatic rings. The van der Waals surface area contributed by atoms with Gasteiger partial charge in [0.1, 0.15) is 0 Å². The van der Waals surface area contributed by atoms with Crippen molar-refractivity contribution in [3.8, 4) is 0 Å². The van der Waals surface area contributed by atoms with Crippen LogP contribution in [0.1, 0.15) is 51.7 Å². The van der Waals surface area contributed by atoms with E-state index >= 15 is 0 Å². The van der Waals surface area contributed by atoms with E-state index in [0.717, 1.165) is 47.0 Å². The molecule has 0 aromatic heterocycles. The number of rotatable bonds is 8. The van der Waals surface area contributed by atoms with Gasteiger partial charge in [0.2, 0.25) is 0 Å². The summed E-state index contributed by atoms with van der Waals surface area (Å²) in [6.07, 6.45) is 2.05. The van der Waals surface area contributed by atoms with Crippen molar-refractivity contribution in [3.63, 3.8) is 0 Å². The van der Waals surface area contributed by atoms with Gasteiger partial charge in [0.25, 0.3) is 0 Å². The zero-order valence-corrected chi connectivity index (χ0v) is 28.5. The average molecular weight is 625 g/mol. The lowest BCUT2D eigenvalue weighted by Gasteiger charge is -2.48.